The lowest BCUT2D eigenvalue weighted by Crippen LogP contribution is -1.83. The normalized spacial score (nSPS) is 27.2. The first-order valence-electron chi connectivity index (χ1n) is 10.8. The zero-order valence-corrected chi connectivity index (χ0v) is 16.4. The van der Waals surface area contributed by atoms with Crippen LogP contribution in [0.25, 0.3) is 0 Å². The Labute approximate surface area is 157 Å². The molecule has 0 atom stereocenters. The van der Waals surface area contributed by atoms with E-state index in [0.29, 0.717) is 0 Å². The Balaban J connectivity index is 2.24. The van der Waals surface area contributed by atoms with Crippen molar-refractivity contribution in [3.05, 3.63) is 60.8 Å². The van der Waals surface area contributed by atoms with Gasteiger partial charge in [-0.2, -0.15) is 0 Å². The second kappa shape index (κ2) is 19.0. The van der Waals surface area contributed by atoms with Crippen molar-refractivity contribution in [1.82, 2.24) is 0 Å². The molecule has 1 rings (SSSR count). The first-order chi connectivity index (χ1) is 12.5. The summed E-state index contributed by atoms with van der Waals surface area (Å²) in [6.45, 7) is 0. The molecule has 0 aromatic carbocycles. The zero-order chi connectivity index (χ0) is 17.7. The van der Waals surface area contributed by atoms with Gasteiger partial charge in [0.1, 0.15) is 0 Å². The van der Waals surface area contributed by atoms with Gasteiger partial charge in [-0.15, -0.1) is 0 Å². The summed E-state index contributed by atoms with van der Waals surface area (Å²) in [5.41, 5.74) is 0. The molecule has 0 spiro atoms. The molecule has 0 heteroatoms. The van der Waals surface area contributed by atoms with Gasteiger partial charge in [0, 0.05) is 0 Å². The topological polar surface area (TPSA) is 0 Å². The van der Waals surface area contributed by atoms with Crippen LogP contribution in [0.1, 0.15) is 96.3 Å². The monoisotopic (exact) mass is 340 g/mol. The molecule has 0 saturated carbocycles. The van der Waals surface area contributed by atoms with Gasteiger partial charge in [0.05, 0.1) is 0 Å². The zero-order valence-electron chi connectivity index (χ0n) is 16.4. The Morgan fingerprint density at radius 2 is 0.480 bits per heavy atom. The SMILES string of the molecule is C1=C\C=C/C=C\CCCCCCCCCCCCCCC/C=C\C=C/1. The molecule has 0 bridgehead atoms. The standard InChI is InChI=1S/C25H40/c1-2-4-6-8-10-12-14-16-18-20-22-24-25-23-21-19-17-15-13-11-9-7-5-3-1/h1-10H,11-25H2/b2-1-,5-3-,6-4-,9-7-,10-8-. The molecule has 1 aliphatic rings. The highest BCUT2D eigenvalue weighted by atomic mass is 14.0. The van der Waals surface area contributed by atoms with E-state index in [1.807, 2.05) is 0 Å². The van der Waals surface area contributed by atoms with Crippen molar-refractivity contribution in [2.24, 2.45) is 0 Å². The van der Waals surface area contributed by atoms with E-state index in [-0.39, 0.29) is 0 Å². The van der Waals surface area contributed by atoms with Gasteiger partial charge < -0.3 is 0 Å². The Bertz CT molecular complexity index is 368. The molecule has 0 radical (unpaired) electrons. The molecule has 0 saturated heterocycles. The van der Waals surface area contributed by atoms with E-state index in [4.69, 9.17) is 0 Å². The van der Waals surface area contributed by atoms with Crippen LogP contribution in [-0.2, 0) is 0 Å². The highest BCUT2D eigenvalue weighted by Gasteiger charge is 1.93. The van der Waals surface area contributed by atoms with Crippen LogP contribution in [0.5, 0.6) is 0 Å². The van der Waals surface area contributed by atoms with Gasteiger partial charge in [-0.1, -0.05) is 131 Å². The van der Waals surface area contributed by atoms with E-state index in [9.17, 15) is 0 Å². The lowest BCUT2D eigenvalue weighted by Gasteiger charge is -2.03. The van der Waals surface area contributed by atoms with Crippen molar-refractivity contribution in [2.45, 2.75) is 96.3 Å². The molecular formula is C25H40. The molecule has 0 aromatic rings. The van der Waals surface area contributed by atoms with Gasteiger partial charge in [0.2, 0.25) is 0 Å². The Kier molecular flexibility index (Phi) is 16.6. The molecule has 0 unspecified atom stereocenters. The minimum absolute atomic E-state index is 1.22. The summed E-state index contributed by atoms with van der Waals surface area (Å²) < 4.78 is 0. The lowest BCUT2D eigenvalue weighted by atomic mass is 10.0. The van der Waals surface area contributed by atoms with Crippen LogP contribution in [-0.4, -0.2) is 0 Å². The third-order valence-electron chi connectivity index (χ3n) is 4.79. The smallest absolute Gasteiger partial charge is 0.0348 e. The average Bonchev–Trinajstić information content (AvgIpc) is 2.62. The van der Waals surface area contributed by atoms with Crippen LogP contribution < -0.4 is 0 Å². The fraction of sp³-hybridized carbons (Fsp3) is 0.600. The van der Waals surface area contributed by atoms with E-state index in [1.54, 1.807) is 0 Å². The molecule has 25 heavy (non-hydrogen) atoms. The third kappa shape index (κ3) is 17.3. The van der Waals surface area contributed by atoms with Gasteiger partial charge in [0.15, 0.2) is 0 Å². The van der Waals surface area contributed by atoms with Crippen molar-refractivity contribution in [1.29, 1.82) is 0 Å². The largest absolute Gasteiger partial charge is 0.0845 e. The van der Waals surface area contributed by atoms with E-state index in [0.717, 1.165) is 0 Å². The molecule has 0 N–H and O–H groups in total. The lowest BCUT2D eigenvalue weighted by molar-refractivity contribution is 0.538. The first-order valence-corrected chi connectivity index (χ1v) is 10.8. The third-order valence-corrected chi connectivity index (χ3v) is 4.79. The van der Waals surface area contributed by atoms with Gasteiger partial charge in [-0.05, 0) is 25.7 Å². The summed E-state index contributed by atoms with van der Waals surface area (Å²) in [7, 11) is 0. The molecule has 0 aromatic heterocycles. The highest BCUT2D eigenvalue weighted by molar-refractivity contribution is 5.17. The van der Waals surface area contributed by atoms with E-state index >= 15 is 0 Å². The van der Waals surface area contributed by atoms with E-state index in [2.05, 4.69) is 60.8 Å². The van der Waals surface area contributed by atoms with Crippen LogP contribution in [0.2, 0.25) is 0 Å². The summed E-state index contributed by atoms with van der Waals surface area (Å²) >= 11 is 0. The molecule has 0 nitrogen and oxygen atoms in total. The molecule has 0 amide bonds. The fourth-order valence-corrected chi connectivity index (χ4v) is 3.20. The minimum atomic E-state index is 1.22. The molecule has 0 heterocycles. The predicted molar refractivity (Wildman–Crippen MR) is 115 cm³/mol. The van der Waals surface area contributed by atoms with Crippen LogP contribution in [0.4, 0.5) is 0 Å². The Hall–Kier alpha value is -1.30. The fourth-order valence-electron chi connectivity index (χ4n) is 3.20. The van der Waals surface area contributed by atoms with Crippen molar-refractivity contribution < 1.29 is 0 Å². The number of hydrogen-bond donors (Lipinski definition) is 0. The number of hydrogen-bond acceptors (Lipinski definition) is 0. The van der Waals surface area contributed by atoms with Crippen molar-refractivity contribution in [3.8, 4) is 0 Å². The number of rotatable bonds is 0. The maximum Gasteiger partial charge on any atom is -0.0348 e. The van der Waals surface area contributed by atoms with Crippen molar-refractivity contribution in [3.63, 3.8) is 0 Å². The summed E-state index contributed by atoms with van der Waals surface area (Å²) in [6, 6.07) is 0. The van der Waals surface area contributed by atoms with Crippen LogP contribution in [0.15, 0.2) is 60.8 Å². The maximum absolute atomic E-state index is 2.30. The van der Waals surface area contributed by atoms with Crippen LogP contribution >= 0.6 is 0 Å². The van der Waals surface area contributed by atoms with Crippen LogP contribution in [0, 0.1) is 0 Å². The number of allylic oxidation sites excluding steroid dienone is 10. The molecular weight excluding hydrogens is 300 g/mol. The highest BCUT2D eigenvalue weighted by Crippen LogP contribution is 2.13. The van der Waals surface area contributed by atoms with E-state index < -0.39 is 0 Å². The summed E-state index contributed by atoms with van der Waals surface area (Å²) in [5, 5.41) is 0. The summed E-state index contributed by atoms with van der Waals surface area (Å²) in [4.78, 5) is 0. The van der Waals surface area contributed by atoms with Crippen LogP contribution in [0.3, 0.4) is 0 Å². The summed E-state index contributed by atoms with van der Waals surface area (Å²) in [5.74, 6) is 0. The Morgan fingerprint density at radius 3 is 0.800 bits per heavy atom. The minimum Gasteiger partial charge on any atom is -0.0845 e. The average molecular weight is 341 g/mol. The molecule has 0 fully saturated rings. The molecule has 140 valence electrons. The molecule has 0 aliphatic heterocycles. The maximum atomic E-state index is 2.30. The summed E-state index contributed by atoms with van der Waals surface area (Å²) in [6.07, 6.45) is 42.5. The Morgan fingerprint density at radius 1 is 0.240 bits per heavy atom. The van der Waals surface area contributed by atoms with Crippen molar-refractivity contribution in [2.75, 3.05) is 0 Å². The van der Waals surface area contributed by atoms with Gasteiger partial charge in [-0.3, -0.25) is 0 Å². The second-order valence-corrected chi connectivity index (χ2v) is 7.18. The first kappa shape index (κ1) is 21.7. The second-order valence-electron chi connectivity index (χ2n) is 7.18. The quantitative estimate of drug-likeness (QED) is 0.414. The van der Waals surface area contributed by atoms with Gasteiger partial charge in [-0.25, -0.2) is 0 Å². The van der Waals surface area contributed by atoms with Crippen molar-refractivity contribution >= 4 is 0 Å². The van der Waals surface area contributed by atoms with E-state index in [1.165, 1.54) is 96.3 Å². The predicted octanol–water partition coefficient (Wildman–Crippen LogP) is 8.63. The molecule has 1 aliphatic carbocycles. The van der Waals surface area contributed by atoms with Gasteiger partial charge >= 0.3 is 0 Å². The van der Waals surface area contributed by atoms with Gasteiger partial charge in [0.25, 0.3) is 0 Å².